The largest absolute Gasteiger partial charge is 0.441 e. The van der Waals surface area contributed by atoms with Gasteiger partial charge in [0.15, 0.2) is 16.6 Å². The van der Waals surface area contributed by atoms with E-state index >= 15 is 0 Å². The van der Waals surface area contributed by atoms with Crippen LogP contribution in [0.2, 0.25) is 0 Å². The number of rotatable bonds is 5. The van der Waals surface area contributed by atoms with E-state index in [0.717, 1.165) is 60.4 Å². The summed E-state index contributed by atoms with van der Waals surface area (Å²) in [6.45, 7) is 6.31. The SMILES string of the molecule is CON=C1CC(CCC(=O)Nc2ncc(C)s2)C2C3CCc4cc5oc(C)nc5cc4C3CCC12C. The number of amides is 1. The first-order valence-electron chi connectivity index (χ1n) is 13.1. The van der Waals surface area contributed by atoms with Gasteiger partial charge in [-0.25, -0.2) is 9.97 Å². The molecule has 5 atom stereocenters. The fraction of sp³-hybridized carbons (Fsp3) is 0.571. The van der Waals surface area contributed by atoms with Gasteiger partial charge in [0.1, 0.15) is 12.6 Å². The van der Waals surface area contributed by atoms with Crippen molar-refractivity contribution in [3.8, 4) is 0 Å². The van der Waals surface area contributed by atoms with Crippen LogP contribution in [0.3, 0.4) is 0 Å². The summed E-state index contributed by atoms with van der Waals surface area (Å²) < 4.78 is 5.83. The Morgan fingerprint density at radius 2 is 2.19 bits per heavy atom. The van der Waals surface area contributed by atoms with Crippen molar-refractivity contribution in [2.45, 2.75) is 71.6 Å². The Morgan fingerprint density at radius 1 is 1.33 bits per heavy atom. The number of aryl methyl sites for hydroxylation is 3. The molecule has 0 saturated heterocycles. The van der Waals surface area contributed by atoms with Gasteiger partial charge in [-0.3, -0.25) is 4.79 Å². The van der Waals surface area contributed by atoms with Gasteiger partial charge in [-0.15, -0.1) is 11.3 Å². The van der Waals surface area contributed by atoms with Gasteiger partial charge in [-0.2, -0.15) is 0 Å². The predicted octanol–water partition coefficient (Wildman–Crippen LogP) is 6.40. The average Bonchev–Trinajstić information content (AvgIpc) is 3.50. The number of nitrogens with zero attached hydrogens (tertiary/aromatic N) is 3. The number of carbonyl (C=O) groups is 1. The van der Waals surface area contributed by atoms with Crippen molar-refractivity contribution in [1.82, 2.24) is 9.97 Å². The summed E-state index contributed by atoms with van der Waals surface area (Å²) in [6, 6.07) is 4.52. The smallest absolute Gasteiger partial charge is 0.226 e. The van der Waals surface area contributed by atoms with E-state index in [4.69, 9.17) is 9.25 Å². The molecule has 0 aliphatic heterocycles. The van der Waals surface area contributed by atoms with Crippen LogP contribution < -0.4 is 5.32 Å². The highest BCUT2D eigenvalue weighted by Gasteiger charge is 2.57. The molecule has 36 heavy (non-hydrogen) atoms. The summed E-state index contributed by atoms with van der Waals surface area (Å²) in [6.07, 6.45) is 8.54. The van der Waals surface area contributed by atoms with Crippen LogP contribution >= 0.6 is 11.3 Å². The normalized spacial score (nSPS) is 30.2. The molecule has 3 aromatic rings. The minimum Gasteiger partial charge on any atom is -0.441 e. The highest BCUT2D eigenvalue weighted by molar-refractivity contribution is 7.15. The highest BCUT2D eigenvalue weighted by atomic mass is 32.1. The third kappa shape index (κ3) is 3.94. The van der Waals surface area contributed by atoms with Crippen molar-refractivity contribution >= 4 is 39.2 Å². The summed E-state index contributed by atoms with van der Waals surface area (Å²) in [7, 11) is 1.65. The van der Waals surface area contributed by atoms with E-state index in [2.05, 4.69) is 39.5 Å². The molecule has 0 bridgehead atoms. The summed E-state index contributed by atoms with van der Waals surface area (Å²) >= 11 is 1.52. The van der Waals surface area contributed by atoms with Crippen LogP contribution in [-0.4, -0.2) is 28.7 Å². The zero-order valence-corrected chi connectivity index (χ0v) is 22.3. The molecule has 2 aromatic heterocycles. The van der Waals surface area contributed by atoms with E-state index in [-0.39, 0.29) is 11.3 Å². The third-order valence-electron chi connectivity index (χ3n) is 9.03. The highest BCUT2D eigenvalue weighted by Crippen LogP contribution is 2.62. The molecular formula is C28H34N4O3S. The van der Waals surface area contributed by atoms with Crippen LogP contribution in [0.5, 0.6) is 0 Å². The zero-order chi connectivity index (χ0) is 25.0. The fourth-order valence-corrected chi connectivity index (χ4v) is 8.30. The maximum absolute atomic E-state index is 12.8. The number of oxime groups is 1. The average molecular weight is 507 g/mol. The molecule has 0 spiro atoms. The molecule has 2 fully saturated rings. The number of aromatic nitrogens is 2. The molecule has 5 unspecified atom stereocenters. The van der Waals surface area contributed by atoms with E-state index in [1.165, 1.54) is 28.2 Å². The number of hydrogen-bond donors (Lipinski definition) is 1. The Labute approximate surface area is 215 Å². The monoisotopic (exact) mass is 506 g/mol. The van der Waals surface area contributed by atoms with Gasteiger partial charge in [0.05, 0.1) is 5.71 Å². The van der Waals surface area contributed by atoms with Gasteiger partial charge in [0.25, 0.3) is 0 Å². The van der Waals surface area contributed by atoms with Crippen molar-refractivity contribution in [2.24, 2.45) is 28.3 Å². The van der Waals surface area contributed by atoms with Crippen molar-refractivity contribution in [1.29, 1.82) is 0 Å². The van der Waals surface area contributed by atoms with E-state index < -0.39 is 0 Å². The molecule has 1 amide bonds. The zero-order valence-electron chi connectivity index (χ0n) is 21.5. The summed E-state index contributed by atoms with van der Waals surface area (Å²) in [4.78, 5) is 28.1. The molecule has 8 heteroatoms. The summed E-state index contributed by atoms with van der Waals surface area (Å²) in [5, 5.41) is 8.22. The molecule has 2 heterocycles. The van der Waals surface area contributed by atoms with E-state index in [1.54, 1.807) is 13.3 Å². The number of hydrogen-bond acceptors (Lipinski definition) is 7. The lowest BCUT2D eigenvalue weighted by atomic mass is 9.54. The molecule has 3 aliphatic carbocycles. The summed E-state index contributed by atoms with van der Waals surface area (Å²) in [5.41, 5.74) is 5.96. The molecule has 6 rings (SSSR count). The van der Waals surface area contributed by atoms with Crippen LogP contribution in [0.25, 0.3) is 11.1 Å². The van der Waals surface area contributed by atoms with Gasteiger partial charge < -0.3 is 14.6 Å². The minimum absolute atomic E-state index is 0.0246. The van der Waals surface area contributed by atoms with Crippen LogP contribution in [0.15, 0.2) is 27.9 Å². The Bertz CT molecular complexity index is 1340. The Morgan fingerprint density at radius 3 is 2.97 bits per heavy atom. The number of nitrogens with one attached hydrogen (secondary N) is 1. The number of anilines is 1. The van der Waals surface area contributed by atoms with E-state index in [1.807, 2.05) is 13.8 Å². The van der Waals surface area contributed by atoms with Crippen LogP contribution in [0, 0.1) is 37.0 Å². The maximum Gasteiger partial charge on any atom is 0.226 e. The van der Waals surface area contributed by atoms with Crippen LogP contribution in [0.1, 0.15) is 73.3 Å². The third-order valence-corrected chi connectivity index (χ3v) is 9.85. The first-order valence-corrected chi connectivity index (χ1v) is 13.9. The van der Waals surface area contributed by atoms with Gasteiger partial charge in [0, 0.05) is 29.8 Å². The molecule has 7 nitrogen and oxygen atoms in total. The number of oxazole rings is 1. The quantitative estimate of drug-likeness (QED) is 0.404. The lowest BCUT2D eigenvalue weighted by Crippen LogP contribution is -2.44. The molecule has 1 N–H and O–H groups in total. The van der Waals surface area contributed by atoms with Gasteiger partial charge in [-0.05, 0) is 92.4 Å². The standard InChI is InChI=1S/C28H34N4O3S/c1-15-14-29-27(36-15)31-25(33)8-6-18-12-24(32-34-4)28(3)10-9-19-20(26(18)28)7-5-17-11-23-22(13-21(17)19)30-16(2)35-23/h11,13-14,18-20,26H,5-10,12H2,1-4H3,(H,29,31,33). The fourth-order valence-electron chi connectivity index (χ4n) is 7.62. The lowest BCUT2D eigenvalue weighted by molar-refractivity contribution is -0.116. The number of fused-ring (bicyclic) bond motifs is 6. The Kier molecular flexibility index (Phi) is 5.90. The topological polar surface area (TPSA) is 89.6 Å². The minimum atomic E-state index is 0.0246. The van der Waals surface area contributed by atoms with E-state index in [9.17, 15) is 4.79 Å². The van der Waals surface area contributed by atoms with Gasteiger partial charge >= 0.3 is 0 Å². The number of thiazole rings is 1. The molecule has 190 valence electrons. The first-order chi connectivity index (χ1) is 17.4. The van der Waals surface area contributed by atoms with Crippen LogP contribution in [-0.2, 0) is 16.1 Å². The predicted molar refractivity (Wildman–Crippen MR) is 141 cm³/mol. The van der Waals surface area contributed by atoms with Gasteiger partial charge in [0.2, 0.25) is 5.91 Å². The molecular weight excluding hydrogens is 472 g/mol. The second-order valence-electron chi connectivity index (χ2n) is 11.1. The molecule has 3 aliphatic rings. The van der Waals surface area contributed by atoms with Gasteiger partial charge in [-0.1, -0.05) is 12.1 Å². The first kappa shape index (κ1) is 23.6. The van der Waals surface area contributed by atoms with Crippen molar-refractivity contribution in [3.05, 3.63) is 40.2 Å². The van der Waals surface area contributed by atoms with Crippen molar-refractivity contribution in [2.75, 3.05) is 12.4 Å². The van der Waals surface area contributed by atoms with E-state index in [0.29, 0.717) is 35.2 Å². The lowest BCUT2D eigenvalue weighted by Gasteiger charge is -2.50. The Hall–Kier alpha value is -2.74. The van der Waals surface area contributed by atoms with Crippen molar-refractivity contribution < 1.29 is 14.0 Å². The summed E-state index contributed by atoms with van der Waals surface area (Å²) in [5.74, 6) is 2.77. The van der Waals surface area contributed by atoms with Crippen LogP contribution in [0.4, 0.5) is 5.13 Å². The number of benzene rings is 1. The molecule has 0 radical (unpaired) electrons. The second-order valence-corrected chi connectivity index (χ2v) is 12.3. The maximum atomic E-state index is 12.8. The van der Waals surface area contributed by atoms with Crippen molar-refractivity contribution in [3.63, 3.8) is 0 Å². The Balaban J connectivity index is 1.27. The molecule has 2 saturated carbocycles. The molecule has 1 aromatic carbocycles. The second kappa shape index (κ2) is 8.98. The number of carbonyl (C=O) groups excluding carboxylic acids is 1.